The van der Waals surface area contributed by atoms with Gasteiger partial charge in [-0.2, -0.15) is 0 Å². The lowest BCUT2D eigenvalue weighted by Gasteiger charge is -2.30. The lowest BCUT2D eigenvalue weighted by molar-refractivity contribution is -0.143. The van der Waals surface area contributed by atoms with Crippen LogP contribution in [0.25, 0.3) is 11.1 Å². The van der Waals surface area contributed by atoms with Crippen molar-refractivity contribution in [1.82, 2.24) is 10.8 Å². The van der Waals surface area contributed by atoms with Gasteiger partial charge in [-0.05, 0) is 66.7 Å². The Balaban J connectivity index is 1.46. The van der Waals surface area contributed by atoms with E-state index < -0.39 is 23.8 Å². The Bertz CT molecular complexity index is 1160. The maximum atomic E-state index is 13.7. The summed E-state index contributed by atoms with van der Waals surface area (Å²) in [6.45, 7) is -0.193. The van der Waals surface area contributed by atoms with Crippen LogP contribution in [0.3, 0.4) is 0 Å². The third-order valence-electron chi connectivity index (χ3n) is 8.02. The smallest absolute Gasteiger partial charge is 0.247 e. The van der Waals surface area contributed by atoms with Crippen molar-refractivity contribution in [1.29, 1.82) is 0 Å². The number of aryl methyl sites for hydroxylation is 1. The van der Waals surface area contributed by atoms with Crippen LogP contribution in [-0.4, -0.2) is 34.8 Å². The second-order valence-corrected chi connectivity index (χ2v) is 10.7. The highest BCUT2D eigenvalue weighted by Gasteiger charge is 2.40. The molecule has 4 N–H and O–H groups in total. The Hall–Kier alpha value is -3.48. The molecular weight excluding hydrogens is 488 g/mol. The Morgan fingerprint density at radius 2 is 1.41 bits per heavy atom. The van der Waals surface area contributed by atoms with Crippen molar-refractivity contribution in [2.75, 3.05) is 6.61 Å². The fraction of sp³-hybridized carbons (Fsp3) is 0.394. The van der Waals surface area contributed by atoms with Crippen LogP contribution >= 0.6 is 0 Å². The summed E-state index contributed by atoms with van der Waals surface area (Å²) >= 11 is 0. The van der Waals surface area contributed by atoms with E-state index >= 15 is 0 Å². The van der Waals surface area contributed by atoms with Crippen LogP contribution in [-0.2, 0) is 22.4 Å². The number of nitrogens with one attached hydrogen (secondary N) is 2. The summed E-state index contributed by atoms with van der Waals surface area (Å²) in [6, 6.07) is 28.0. The molecule has 206 valence electrons. The van der Waals surface area contributed by atoms with Gasteiger partial charge in [0.2, 0.25) is 11.8 Å². The molecule has 6 heteroatoms. The zero-order chi connectivity index (χ0) is 27.5. The Labute approximate surface area is 231 Å². The van der Waals surface area contributed by atoms with Crippen LogP contribution in [0.5, 0.6) is 0 Å². The fourth-order valence-corrected chi connectivity index (χ4v) is 5.98. The summed E-state index contributed by atoms with van der Waals surface area (Å²) in [5, 5.41) is 22.6. The Kier molecular flexibility index (Phi) is 10.7. The summed E-state index contributed by atoms with van der Waals surface area (Å²) in [4.78, 5) is 26.6. The van der Waals surface area contributed by atoms with E-state index in [9.17, 15) is 19.9 Å². The summed E-state index contributed by atoms with van der Waals surface area (Å²) < 4.78 is 0. The average molecular weight is 529 g/mol. The summed E-state index contributed by atoms with van der Waals surface area (Å²) in [7, 11) is 0. The molecule has 0 bridgehead atoms. The van der Waals surface area contributed by atoms with Gasteiger partial charge in [-0.15, -0.1) is 0 Å². The largest absolute Gasteiger partial charge is 0.394 e. The van der Waals surface area contributed by atoms with Gasteiger partial charge in [-0.1, -0.05) is 97.8 Å². The van der Waals surface area contributed by atoms with Crippen LogP contribution in [0.15, 0.2) is 84.9 Å². The van der Waals surface area contributed by atoms with Gasteiger partial charge >= 0.3 is 0 Å². The quantitative estimate of drug-likeness (QED) is 0.178. The standard InChI is InChI=1S/C33H40N2O4/c36-23-29(22-25-10-3-1-4-11-25)34-32(37)30(31(33(38)35-39)28-15-7-8-16-28)17-9-12-24-18-20-27(21-19-24)26-13-5-2-6-14-26/h1-6,10-11,13-14,18-21,28-31,36,39H,7-9,12,15-17,22-23H2,(H,34,37)(H,35,38). The molecule has 1 saturated carbocycles. The molecule has 3 atom stereocenters. The minimum atomic E-state index is -0.603. The zero-order valence-corrected chi connectivity index (χ0v) is 22.5. The van der Waals surface area contributed by atoms with Gasteiger partial charge in [-0.3, -0.25) is 14.8 Å². The van der Waals surface area contributed by atoms with Crippen LogP contribution < -0.4 is 10.8 Å². The van der Waals surface area contributed by atoms with E-state index in [0.717, 1.165) is 49.7 Å². The van der Waals surface area contributed by atoms with Gasteiger partial charge in [-0.25, -0.2) is 5.48 Å². The predicted molar refractivity (Wildman–Crippen MR) is 153 cm³/mol. The summed E-state index contributed by atoms with van der Waals surface area (Å²) in [5.74, 6) is -1.86. The first-order valence-electron chi connectivity index (χ1n) is 14.1. The minimum absolute atomic E-state index is 0.0553. The molecule has 1 fully saturated rings. The van der Waals surface area contributed by atoms with E-state index in [1.54, 1.807) is 0 Å². The molecule has 1 aliphatic carbocycles. The summed E-state index contributed by atoms with van der Waals surface area (Å²) in [6.07, 6.45) is 6.32. The molecule has 0 aromatic heterocycles. The first kappa shape index (κ1) is 28.5. The topological polar surface area (TPSA) is 98.7 Å². The number of hydroxylamine groups is 1. The number of benzene rings is 3. The molecule has 1 aliphatic rings. The molecule has 0 radical (unpaired) electrons. The maximum Gasteiger partial charge on any atom is 0.247 e. The fourth-order valence-electron chi connectivity index (χ4n) is 5.98. The zero-order valence-electron chi connectivity index (χ0n) is 22.5. The second-order valence-electron chi connectivity index (χ2n) is 10.7. The number of carbonyl (C=O) groups excluding carboxylic acids is 2. The number of carbonyl (C=O) groups is 2. The predicted octanol–water partition coefficient (Wildman–Crippen LogP) is 5.32. The van der Waals surface area contributed by atoms with Gasteiger partial charge in [0.25, 0.3) is 0 Å². The van der Waals surface area contributed by atoms with Crippen molar-refractivity contribution in [2.24, 2.45) is 17.8 Å². The SMILES string of the molecule is O=C(NC(CO)Cc1ccccc1)C(CCCc1ccc(-c2ccccc2)cc1)C(C(=O)NO)C1CCCC1. The van der Waals surface area contributed by atoms with E-state index in [-0.39, 0.29) is 18.4 Å². The van der Waals surface area contributed by atoms with Crippen molar-refractivity contribution in [2.45, 2.75) is 57.4 Å². The highest BCUT2D eigenvalue weighted by atomic mass is 16.5. The molecule has 0 spiro atoms. The normalized spacial score (nSPS) is 15.8. The van der Waals surface area contributed by atoms with Gasteiger partial charge in [0.1, 0.15) is 0 Å². The van der Waals surface area contributed by atoms with Crippen molar-refractivity contribution < 1.29 is 19.9 Å². The van der Waals surface area contributed by atoms with Crippen molar-refractivity contribution in [3.63, 3.8) is 0 Å². The maximum absolute atomic E-state index is 13.7. The summed E-state index contributed by atoms with van der Waals surface area (Å²) in [5.41, 5.74) is 6.37. The third kappa shape index (κ3) is 8.01. The molecule has 6 nitrogen and oxygen atoms in total. The molecule has 39 heavy (non-hydrogen) atoms. The van der Waals surface area contributed by atoms with Crippen LogP contribution in [0, 0.1) is 17.8 Å². The highest BCUT2D eigenvalue weighted by molar-refractivity contribution is 5.87. The molecule has 3 aromatic rings. The van der Waals surface area contributed by atoms with Crippen LogP contribution in [0.2, 0.25) is 0 Å². The third-order valence-corrected chi connectivity index (χ3v) is 8.02. The Morgan fingerprint density at radius 3 is 2.03 bits per heavy atom. The lowest BCUT2D eigenvalue weighted by Crippen LogP contribution is -2.48. The van der Waals surface area contributed by atoms with Crippen LogP contribution in [0.1, 0.15) is 49.7 Å². The Morgan fingerprint density at radius 1 is 0.795 bits per heavy atom. The molecule has 3 unspecified atom stereocenters. The number of hydrogen-bond acceptors (Lipinski definition) is 4. The molecule has 2 amide bonds. The number of aliphatic hydroxyl groups excluding tert-OH is 1. The number of aliphatic hydroxyl groups is 1. The van der Waals surface area contributed by atoms with Gasteiger partial charge in [0, 0.05) is 5.92 Å². The first-order chi connectivity index (χ1) is 19.1. The van der Waals surface area contributed by atoms with E-state index in [1.807, 2.05) is 54.0 Å². The molecule has 0 aliphatic heterocycles. The molecule has 4 rings (SSSR count). The average Bonchev–Trinajstić information content (AvgIpc) is 3.52. The van der Waals surface area contributed by atoms with Gasteiger partial charge in [0.15, 0.2) is 0 Å². The number of amides is 2. The van der Waals surface area contributed by atoms with E-state index in [2.05, 4.69) is 41.7 Å². The second kappa shape index (κ2) is 14.6. The highest BCUT2D eigenvalue weighted by Crippen LogP contribution is 2.37. The molecular formula is C33H40N2O4. The van der Waals surface area contributed by atoms with Crippen molar-refractivity contribution >= 4 is 11.8 Å². The molecule has 3 aromatic carbocycles. The van der Waals surface area contributed by atoms with Gasteiger partial charge < -0.3 is 10.4 Å². The number of hydrogen-bond donors (Lipinski definition) is 4. The van der Waals surface area contributed by atoms with Crippen molar-refractivity contribution in [3.8, 4) is 11.1 Å². The minimum Gasteiger partial charge on any atom is -0.394 e. The van der Waals surface area contributed by atoms with E-state index in [0.29, 0.717) is 12.8 Å². The van der Waals surface area contributed by atoms with E-state index in [1.165, 1.54) is 11.1 Å². The lowest BCUT2D eigenvalue weighted by atomic mass is 9.76. The van der Waals surface area contributed by atoms with Gasteiger partial charge in [0.05, 0.1) is 18.6 Å². The first-order valence-corrected chi connectivity index (χ1v) is 14.1. The monoisotopic (exact) mass is 528 g/mol. The number of rotatable bonds is 13. The van der Waals surface area contributed by atoms with E-state index in [4.69, 9.17) is 0 Å². The molecule has 0 heterocycles. The molecule has 0 saturated heterocycles. The van der Waals surface area contributed by atoms with Crippen molar-refractivity contribution in [3.05, 3.63) is 96.1 Å². The van der Waals surface area contributed by atoms with Crippen LogP contribution in [0.4, 0.5) is 0 Å².